The molecule has 0 radical (unpaired) electrons. The molecule has 1 aliphatic rings. The molecule has 0 bridgehead atoms. The number of esters is 1. The topological polar surface area (TPSA) is 131 Å². The van der Waals surface area contributed by atoms with Gasteiger partial charge in [0.15, 0.2) is 6.10 Å². The van der Waals surface area contributed by atoms with E-state index < -0.39 is 34.5 Å². The van der Waals surface area contributed by atoms with Gasteiger partial charge in [-0.2, -0.15) is 0 Å². The van der Waals surface area contributed by atoms with Gasteiger partial charge in [0.1, 0.15) is 6.54 Å². The van der Waals surface area contributed by atoms with Crippen LogP contribution in [-0.2, 0) is 24.3 Å². The van der Waals surface area contributed by atoms with Crippen molar-refractivity contribution in [2.24, 2.45) is 0 Å². The third-order valence-electron chi connectivity index (χ3n) is 3.81. The van der Waals surface area contributed by atoms with Gasteiger partial charge in [-0.1, -0.05) is 0 Å². The second kappa shape index (κ2) is 9.16. The van der Waals surface area contributed by atoms with E-state index in [1.165, 1.54) is 31.2 Å². The largest absolute Gasteiger partial charge is 0.451 e. The quantitative estimate of drug-likeness (QED) is 0.502. The van der Waals surface area contributed by atoms with Crippen LogP contribution in [0.25, 0.3) is 0 Å². The molecule has 1 aliphatic carbocycles. The van der Waals surface area contributed by atoms with Crippen LogP contribution in [0.15, 0.2) is 29.2 Å². The number of nitrogens with one attached hydrogen (secondary N) is 3. The van der Waals surface area contributed by atoms with Gasteiger partial charge in [-0.3, -0.25) is 14.4 Å². The highest BCUT2D eigenvalue weighted by Crippen LogP contribution is 2.18. The van der Waals surface area contributed by atoms with Crippen molar-refractivity contribution >= 4 is 27.8 Å². The maximum absolute atomic E-state index is 12.1. The minimum absolute atomic E-state index is 0.0349. The van der Waals surface area contributed by atoms with E-state index in [0.29, 0.717) is 0 Å². The molecule has 1 aromatic rings. The number of carbonyl (C=O) groups is 3. The van der Waals surface area contributed by atoms with Crippen LogP contribution >= 0.6 is 0 Å². The second-order valence-electron chi connectivity index (χ2n) is 6.90. The van der Waals surface area contributed by atoms with Crippen molar-refractivity contribution in [3.63, 3.8) is 0 Å². The number of ether oxygens (including phenoxy) is 1. The molecule has 0 unspecified atom stereocenters. The van der Waals surface area contributed by atoms with E-state index in [9.17, 15) is 22.8 Å². The summed E-state index contributed by atoms with van der Waals surface area (Å²) in [5.41, 5.74) is 0.191. The van der Waals surface area contributed by atoms with Crippen molar-refractivity contribution in [2.75, 3.05) is 6.54 Å². The fraction of sp³-hybridized carbons (Fsp3) is 0.500. The lowest BCUT2D eigenvalue weighted by Crippen LogP contribution is -2.39. The first-order valence-electron chi connectivity index (χ1n) is 8.99. The van der Waals surface area contributed by atoms with E-state index in [2.05, 4.69) is 15.4 Å². The molecule has 1 aromatic carbocycles. The summed E-state index contributed by atoms with van der Waals surface area (Å²) >= 11 is 0. The molecule has 0 heterocycles. The lowest BCUT2D eigenvalue weighted by Gasteiger charge is -2.13. The predicted molar refractivity (Wildman–Crippen MR) is 101 cm³/mol. The van der Waals surface area contributed by atoms with Gasteiger partial charge in [-0.25, -0.2) is 13.1 Å². The summed E-state index contributed by atoms with van der Waals surface area (Å²) in [6.45, 7) is 4.46. The highest BCUT2D eigenvalue weighted by Gasteiger charge is 2.27. The summed E-state index contributed by atoms with van der Waals surface area (Å²) in [7, 11) is -3.65. The van der Waals surface area contributed by atoms with Crippen LogP contribution in [-0.4, -0.2) is 50.9 Å². The van der Waals surface area contributed by atoms with Crippen LogP contribution in [0.1, 0.15) is 44.0 Å². The minimum Gasteiger partial charge on any atom is -0.451 e. The molecule has 0 saturated heterocycles. The second-order valence-corrected chi connectivity index (χ2v) is 8.61. The molecular weight excluding hydrogens is 386 g/mol. The third kappa shape index (κ3) is 6.61. The SMILES string of the molecule is CC(C)NS(=O)(=O)c1ccc(C(=O)NCC(=O)O[C@H](C)C(=O)NC2CC2)cc1. The average Bonchev–Trinajstić information content (AvgIpc) is 3.42. The Kier molecular flexibility index (Phi) is 7.14. The number of carbonyl (C=O) groups excluding carboxylic acids is 3. The fourth-order valence-electron chi connectivity index (χ4n) is 2.26. The first-order valence-corrected chi connectivity index (χ1v) is 10.5. The van der Waals surface area contributed by atoms with E-state index in [0.717, 1.165) is 12.8 Å². The van der Waals surface area contributed by atoms with Gasteiger partial charge >= 0.3 is 5.97 Å². The van der Waals surface area contributed by atoms with Crippen molar-refractivity contribution < 1.29 is 27.5 Å². The van der Waals surface area contributed by atoms with Crippen LogP contribution < -0.4 is 15.4 Å². The van der Waals surface area contributed by atoms with E-state index in [1.807, 2.05) is 0 Å². The van der Waals surface area contributed by atoms with Gasteiger partial charge in [-0.15, -0.1) is 0 Å². The average molecular weight is 411 g/mol. The van der Waals surface area contributed by atoms with Crippen molar-refractivity contribution in [1.29, 1.82) is 0 Å². The molecule has 154 valence electrons. The van der Waals surface area contributed by atoms with Crippen molar-refractivity contribution in [2.45, 2.75) is 56.7 Å². The van der Waals surface area contributed by atoms with Crippen LogP contribution in [0.4, 0.5) is 0 Å². The summed E-state index contributed by atoms with van der Waals surface area (Å²) in [4.78, 5) is 35.7. The normalized spacial score (nSPS) is 15.0. The molecule has 0 aliphatic heterocycles. The van der Waals surface area contributed by atoms with E-state index in [-0.39, 0.29) is 28.4 Å². The van der Waals surface area contributed by atoms with E-state index >= 15 is 0 Å². The highest BCUT2D eigenvalue weighted by atomic mass is 32.2. The van der Waals surface area contributed by atoms with Gasteiger partial charge in [0.25, 0.3) is 11.8 Å². The molecule has 0 spiro atoms. The number of rotatable bonds is 9. The van der Waals surface area contributed by atoms with Crippen LogP contribution in [0, 0.1) is 0 Å². The molecule has 10 heteroatoms. The van der Waals surface area contributed by atoms with Crippen molar-refractivity contribution in [3.05, 3.63) is 29.8 Å². The first-order chi connectivity index (χ1) is 13.1. The molecular formula is C18H25N3O6S. The monoisotopic (exact) mass is 411 g/mol. The minimum atomic E-state index is -3.65. The Morgan fingerprint density at radius 1 is 1.11 bits per heavy atom. The summed E-state index contributed by atoms with van der Waals surface area (Å²) in [6.07, 6.45) is 0.912. The maximum atomic E-state index is 12.1. The number of amides is 2. The Labute approximate surface area is 164 Å². The molecule has 2 rings (SSSR count). The van der Waals surface area contributed by atoms with E-state index in [1.54, 1.807) is 13.8 Å². The van der Waals surface area contributed by atoms with Crippen molar-refractivity contribution in [1.82, 2.24) is 15.4 Å². The third-order valence-corrected chi connectivity index (χ3v) is 5.49. The first kappa shape index (κ1) is 21.8. The van der Waals surface area contributed by atoms with Crippen LogP contribution in [0.3, 0.4) is 0 Å². The smallest absolute Gasteiger partial charge is 0.326 e. The Hall–Kier alpha value is -2.46. The van der Waals surface area contributed by atoms with Gasteiger partial charge in [0.2, 0.25) is 10.0 Å². The summed E-state index contributed by atoms with van der Waals surface area (Å²) in [5.74, 6) is -1.67. The summed E-state index contributed by atoms with van der Waals surface area (Å²) < 4.78 is 31.5. The Morgan fingerprint density at radius 2 is 1.71 bits per heavy atom. The number of hydrogen-bond acceptors (Lipinski definition) is 6. The lowest BCUT2D eigenvalue weighted by molar-refractivity contribution is -0.153. The number of benzene rings is 1. The zero-order chi connectivity index (χ0) is 20.9. The Bertz CT molecular complexity index is 831. The van der Waals surface area contributed by atoms with E-state index in [4.69, 9.17) is 4.74 Å². The Balaban J connectivity index is 1.83. The summed E-state index contributed by atoms with van der Waals surface area (Å²) in [5, 5.41) is 5.10. The van der Waals surface area contributed by atoms with Crippen LogP contribution in [0.2, 0.25) is 0 Å². The lowest BCUT2D eigenvalue weighted by atomic mass is 10.2. The molecule has 3 N–H and O–H groups in total. The number of sulfonamides is 1. The van der Waals surface area contributed by atoms with Crippen molar-refractivity contribution in [3.8, 4) is 0 Å². The highest BCUT2D eigenvalue weighted by molar-refractivity contribution is 7.89. The molecule has 0 aromatic heterocycles. The zero-order valence-electron chi connectivity index (χ0n) is 16.0. The van der Waals surface area contributed by atoms with Gasteiger partial charge in [0.05, 0.1) is 4.90 Å². The van der Waals surface area contributed by atoms with Gasteiger partial charge in [0, 0.05) is 17.6 Å². The standard InChI is InChI=1S/C18H25N3O6S/c1-11(2)21-28(25,26)15-8-4-13(5-9-15)18(24)19-10-16(22)27-12(3)17(23)20-14-6-7-14/h4-5,8-9,11-12,14,21H,6-7,10H2,1-3H3,(H,19,24)(H,20,23)/t12-/m1/s1. The molecule has 2 amide bonds. The number of hydrogen-bond donors (Lipinski definition) is 3. The molecule has 28 heavy (non-hydrogen) atoms. The maximum Gasteiger partial charge on any atom is 0.326 e. The predicted octanol–water partition coefficient (Wildman–Crippen LogP) is 0.313. The molecule has 1 atom stereocenters. The molecule has 1 fully saturated rings. The van der Waals surface area contributed by atoms with Crippen LogP contribution in [0.5, 0.6) is 0 Å². The zero-order valence-corrected chi connectivity index (χ0v) is 16.8. The van der Waals surface area contributed by atoms with Gasteiger partial charge < -0.3 is 15.4 Å². The molecule has 1 saturated carbocycles. The fourth-order valence-corrected chi connectivity index (χ4v) is 3.51. The summed E-state index contributed by atoms with van der Waals surface area (Å²) in [6, 6.07) is 5.22. The molecule has 9 nitrogen and oxygen atoms in total. The Morgan fingerprint density at radius 3 is 2.25 bits per heavy atom. The van der Waals surface area contributed by atoms with Gasteiger partial charge in [-0.05, 0) is 57.9 Å².